The van der Waals surface area contributed by atoms with Crippen LogP contribution in [0.4, 0.5) is 14.5 Å². The quantitative estimate of drug-likeness (QED) is 0.0272. The van der Waals surface area contributed by atoms with Gasteiger partial charge in [-0.1, -0.05) is 49.7 Å². The van der Waals surface area contributed by atoms with Crippen LogP contribution in [0.15, 0.2) is 67.1 Å². The first-order valence-corrected chi connectivity index (χ1v) is 27.5. The maximum Gasteiger partial charge on any atom is 0.322 e. The van der Waals surface area contributed by atoms with Crippen LogP contribution in [-0.2, 0) is 57.6 Å². The number of nitrogens with zero attached hydrogens (tertiary/aromatic N) is 8. The van der Waals surface area contributed by atoms with E-state index in [0.717, 1.165) is 42.7 Å². The van der Waals surface area contributed by atoms with E-state index >= 15 is 4.39 Å². The van der Waals surface area contributed by atoms with Crippen LogP contribution in [0, 0.1) is 35.3 Å². The van der Waals surface area contributed by atoms with Crippen LogP contribution in [0.1, 0.15) is 93.9 Å². The van der Waals surface area contributed by atoms with Crippen molar-refractivity contribution in [1.82, 2.24) is 40.2 Å². The summed E-state index contributed by atoms with van der Waals surface area (Å²) in [7, 11) is 1.42. The maximum atomic E-state index is 15.5. The average molecular weight is 1150 g/mol. The van der Waals surface area contributed by atoms with E-state index in [1.54, 1.807) is 18.5 Å². The molecular formula is C58H75ClF2N10O10. The molecule has 0 fully saturated rings. The Morgan fingerprint density at radius 1 is 0.802 bits per heavy atom. The number of unbranched alkanes of at least 4 members (excludes halogenated alkanes) is 2. The van der Waals surface area contributed by atoms with E-state index in [2.05, 4.69) is 61.7 Å². The van der Waals surface area contributed by atoms with E-state index in [1.807, 2.05) is 36.5 Å². The molecule has 6 aromatic rings. The summed E-state index contributed by atoms with van der Waals surface area (Å²) in [5.74, 6) is -0.650. The molecule has 23 heteroatoms. The lowest BCUT2D eigenvalue weighted by Crippen LogP contribution is -2.38. The van der Waals surface area contributed by atoms with Crippen LogP contribution < -0.4 is 20.1 Å². The van der Waals surface area contributed by atoms with Gasteiger partial charge in [-0.15, -0.1) is 5.10 Å². The van der Waals surface area contributed by atoms with Crippen molar-refractivity contribution >= 4 is 34.3 Å². The van der Waals surface area contributed by atoms with Crippen molar-refractivity contribution in [2.45, 2.75) is 98.5 Å². The van der Waals surface area contributed by atoms with Crippen molar-refractivity contribution in [3.63, 3.8) is 0 Å². The van der Waals surface area contributed by atoms with Gasteiger partial charge in [0, 0.05) is 42.7 Å². The molecule has 4 heterocycles. The number of anilines is 1. The molecule has 0 bridgehead atoms. The highest BCUT2D eigenvalue weighted by Gasteiger charge is 2.23. The number of ether oxygens (including phenoxy) is 9. The number of fused-ring (bicyclic) bond motifs is 1. The standard InChI is InChI=1S/C58H75ClF2N10O10/c1-40(47-32-42(34-62)13-14-48(47)60)67-55-52(59)41(2)66-51-33-49(61)53(68-54(51)55)44-36-64-57(65-37-44)81-18-9-7-8-17-71-38-45(69-70-71)39-79-28-27-77-24-23-75-20-19-74-21-22-76-25-26-78-29-30-80-46-12-10-11-43(31-46)35-63-50(56(72)73-6)15-16-58(3,4)5/h10-14,31-33,36-38,40,50,63H,7-9,15-30,35,39H2,1-6H3,(H,66,67)/t40-,50+/m1/s1. The Hall–Kier alpha value is -6.55. The zero-order valence-corrected chi connectivity index (χ0v) is 47.9. The molecule has 2 N–H and O–H groups in total. The van der Waals surface area contributed by atoms with Crippen molar-refractivity contribution in [1.29, 1.82) is 5.26 Å². The van der Waals surface area contributed by atoms with Gasteiger partial charge in [-0.2, -0.15) is 5.26 Å². The van der Waals surface area contributed by atoms with Gasteiger partial charge >= 0.3 is 12.0 Å². The maximum absolute atomic E-state index is 15.5. The first kappa shape index (κ1) is 63.6. The largest absolute Gasteiger partial charge is 0.491 e. The molecule has 6 rings (SSSR count). The Morgan fingerprint density at radius 2 is 1.47 bits per heavy atom. The second-order valence-electron chi connectivity index (χ2n) is 20.1. The Kier molecular flexibility index (Phi) is 26.7. The van der Waals surface area contributed by atoms with Crippen molar-refractivity contribution in [2.75, 3.05) is 98.3 Å². The molecule has 0 amide bonds. The van der Waals surface area contributed by atoms with E-state index in [1.165, 1.54) is 43.8 Å². The molecule has 0 saturated carbocycles. The lowest BCUT2D eigenvalue weighted by molar-refractivity contribution is -0.143. The first-order chi connectivity index (χ1) is 39.2. The molecule has 0 aliphatic heterocycles. The van der Waals surface area contributed by atoms with Gasteiger partial charge in [0.25, 0.3) is 0 Å². The summed E-state index contributed by atoms with van der Waals surface area (Å²) in [6, 6.07) is 14.3. The topological polar surface area (TPSA) is 230 Å². The number of nitriles is 1. The van der Waals surface area contributed by atoms with Crippen LogP contribution in [0.5, 0.6) is 11.8 Å². The second-order valence-corrected chi connectivity index (χ2v) is 20.5. The molecule has 0 unspecified atom stereocenters. The highest BCUT2D eigenvalue weighted by Crippen LogP contribution is 2.37. The number of methoxy groups -OCH3 is 1. The number of carbonyl (C=O) groups excluding carboxylic acids is 1. The number of nitrogens with one attached hydrogen (secondary N) is 2. The highest BCUT2D eigenvalue weighted by molar-refractivity contribution is 6.35. The van der Waals surface area contributed by atoms with E-state index in [9.17, 15) is 14.4 Å². The zero-order valence-electron chi connectivity index (χ0n) is 47.1. The summed E-state index contributed by atoms with van der Waals surface area (Å²) in [6.07, 6.45) is 8.77. The summed E-state index contributed by atoms with van der Waals surface area (Å²) < 4.78 is 82.3. The summed E-state index contributed by atoms with van der Waals surface area (Å²) in [5, 5.41) is 24.5. The number of halogens is 3. The SMILES string of the molecule is COC(=O)[C@H](CCC(C)(C)C)NCc1cccc(OCCOCCOCCOCCOCCOCCOCc2cn(CCCCCOc3ncc(-c4nc5c(N[C@H](C)c6cc(C#N)ccc6F)c(Cl)c(C)nc5cc4F)cn3)nn2)c1. The molecule has 0 aliphatic rings. The monoisotopic (exact) mass is 1140 g/mol. The van der Waals surface area contributed by atoms with E-state index < -0.39 is 17.7 Å². The number of rotatable bonds is 38. The van der Waals surface area contributed by atoms with Crippen LogP contribution in [0.2, 0.25) is 5.02 Å². The molecule has 2 aromatic carbocycles. The second kappa shape index (κ2) is 34.0. The van der Waals surface area contributed by atoms with Crippen molar-refractivity contribution < 1.29 is 56.2 Å². The number of benzene rings is 2. The fourth-order valence-electron chi connectivity index (χ4n) is 8.08. The van der Waals surface area contributed by atoms with E-state index in [4.69, 9.17) is 54.2 Å². The molecule has 0 spiro atoms. The van der Waals surface area contributed by atoms with Gasteiger partial charge in [0.15, 0.2) is 5.82 Å². The molecular weight excluding hydrogens is 1070 g/mol. The van der Waals surface area contributed by atoms with E-state index in [0.29, 0.717) is 135 Å². The molecule has 0 saturated heterocycles. The Balaban J connectivity index is 0.729. The number of carbonyl (C=O) groups is 1. The lowest BCUT2D eigenvalue weighted by Gasteiger charge is -2.22. The minimum absolute atomic E-state index is 0.0268. The molecule has 438 valence electrons. The van der Waals surface area contributed by atoms with E-state index in [-0.39, 0.29) is 50.8 Å². The fourth-order valence-corrected chi connectivity index (χ4v) is 8.27. The van der Waals surface area contributed by atoms with Gasteiger partial charge in [-0.05, 0) is 87.3 Å². The number of esters is 1. The normalized spacial score (nSPS) is 12.3. The number of aromatic nitrogens is 7. The average Bonchev–Trinajstić information content (AvgIpc) is 4.09. The lowest BCUT2D eigenvalue weighted by atomic mass is 9.88. The predicted octanol–water partition coefficient (Wildman–Crippen LogP) is 9.35. The third kappa shape index (κ3) is 22.0. The third-order valence-corrected chi connectivity index (χ3v) is 12.9. The molecule has 0 aliphatic carbocycles. The van der Waals surface area contributed by atoms with Gasteiger partial charge in [0.1, 0.15) is 41.1 Å². The predicted molar refractivity (Wildman–Crippen MR) is 300 cm³/mol. The fraction of sp³-hybridized carbons (Fsp3) is 0.517. The van der Waals surface area contributed by atoms with Gasteiger partial charge in [-0.25, -0.2) is 28.7 Å². The van der Waals surface area contributed by atoms with Crippen LogP contribution in [-0.4, -0.2) is 140 Å². The van der Waals surface area contributed by atoms with Gasteiger partial charge in [-0.3, -0.25) is 9.48 Å². The zero-order chi connectivity index (χ0) is 57.8. The Bertz CT molecular complexity index is 2910. The highest BCUT2D eigenvalue weighted by atomic mass is 35.5. The summed E-state index contributed by atoms with van der Waals surface area (Å²) in [5.41, 5.74) is 3.99. The third-order valence-electron chi connectivity index (χ3n) is 12.4. The Labute approximate surface area is 477 Å². The molecule has 0 radical (unpaired) electrons. The van der Waals surface area contributed by atoms with Gasteiger partial charge in [0.2, 0.25) is 0 Å². The molecule has 81 heavy (non-hydrogen) atoms. The molecule has 20 nitrogen and oxygen atoms in total. The summed E-state index contributed by atoms with van der Waals surface area (Å²) >= 11 is 6.68. The number of aryl methyl sites for hydroxylation is 2. The smallest absolute Gasteiger partial charge is 0.322 e. The molecule has 4 aromatic heterocycles. The minimum Gasteiger partial charge on any atom is -0.491 e. The number of hydrogen-bond donors (Lipinski definition) is 2. The van der Waals surface area contributed by atoms with Crippen molar-refractivity contribution in [3.05, 3.63) is 112 Å². The van der Waals surface area contributed by atoms with Crippen LogP contribution in [0.3, 0.4) is 0 Å². The Morgan fingerprint density at radius 3 is 2.12 bits per heavy atom. The van der Waals surface area contributed by atoms with Gasteiger partial charge in [0.05, 0.1) is 139 Å². The van der Waals surface area contributed by atoms with Crippen LogP contribution in [0.25, 0.3) is 22.3 Å². The number of hydrogen-bond acceptors (Lipinski definition) is 19. The first-order valence-electron chi connectivity index (χ1n) is 27.2. The minimum atomic E-state index is -0.640. The van der Waals surface area contributed by atoms with Crippen molar-refractivity contribution in [3.8, 4) is 29.1 Å². The molecule has 2 atom stereocenters. The van der Waals surface area contributed by atoms with Gasteiger partial charge < -0.3 is 53.3 Å². The number of pyridine rings is 2. The van der Waals surface area contributed by atoms with Crippen molar-refractivity contribution in [2.24, 2.45) is 5.41 Å². The summed E-state index contributed by atoms with van der Waals surface area (Å²) in [6.45, 7) is 17.0. The van der Waals surface area contributed by atoms with Crippen LogP contribution >= 0.6 is 11.6 Å². The summed E-state index contributed by atoms with van der Waals surface area (Å²) in [4.78, 5) is 29.8.